The van der Waals surface area contributed by atoms with Gasteiger partial charge in [-0.05, 0) is 59.2 Å². The fourth-order valence-electron chi connectivity index (χ4n) is 4.97. The third-order valence-electron chi connectivity index (χ3n) is 10.2. The van der Waals surface area contributed by atoms with Crippen LogP contribution in [0.4, 0.5) is 0 Å². The summed E-state index contributed by atoms with van der Waals surface area (Å²) in [5, 5.41) is 0. The largest absolute Gasteiger partial charge is 0.457 e. The Kier molecular flexibility index (Phi) is 43.2. The lowest BCUT2D eigenvalue weighted by Crippen LogP contribution is -2.25. The molecule has 0 amide bonds. The average Bonchev–Trinajstić information content (AvgIpc) is 3.78. The van der Waals surface area contributed by atoms with Crippen LogP contribution in [0, 0.1) is 52.8 Å². The summed E-state index contributed by atoms with van der Waals surface area (Å²) in [5.74, 6) is -4.03. The van der Waals surface area contributed by atoms with E-state index in [-0.39, 0.29) is 148 Å². The van der Waals surface area contributed by atoms with E-state index in [1.54, 1.807) is 155 Å². The van der Waals surface area contributed by atoms with Gasteiger partial charge in [0.15, 0.2) is 12.4 Å². The molecule has 84 heavy (non-hydrogen) atoms. The smallest absolute Gasteiger partial charge is 0.340 e. The highest BCUT2D eigenvalue weighted by molar-refractivity contribution is 5.89. The first-order chi connectivity index (χ1) is 39.0. The van der Waals surface area contributed by atoms with E-state index >= 15 is 0 Å². The molecule has 0 saturated heterocycles. The fraction of sp³-hybridized carbons (Fsp3) is 0.650. The number of carbonyl (C=O) groups excluding carboxylic acids is 11. The van der Waals surface area contributed by atoms with Crippen molar-refractivity contribution in [1.82, 2.24) is 0 Å². The number of hydrogen-bond acceptors (Lipinski definition) is 24. The van der Waals surface area contributed by atoms with Gasteiger partial charge in [-0.3, -0.25) is 47.9 Å². The highest BCUT2D eigenvalue weighted by Crippen LogP contribution is 2.25. The van der Waals surface area contributed by atoms with Crippen LogP contribution in [0.2, 0.25) is 0 Å². The standard InChI is InChI=1S/C12H20O4.C12H14O4.C10H14O4.C10H18O4.C9H16O4.C7H12O4/c2*1-9(2)11(13)15-8-16-12(14)10-6-4-3-5-7-10;1-6(2)10(11)12-5-9-7(3)13-8(4)14-9;1-7(2)8(11)13-6-14-9(12)10(3,4)5;1-6(2)8(10)12-5-13-9(11)7(3)4;1-5(2)7(9)11-4-10-6(3)8/h9-10H,3-8H2,1-2H3;3-7,9H,8H2,1-2H3;6H,4-5H2,1-3H3;7H,6H2,1-5H3;6-7H,5H2,1-4H3;5H,4H2,1-3H3. The summed E-state index contributed by atoms with van der Waals surface area (Å²) in [4.78, 5) is 121. The zero-order chi connectivity index (χ0) is 65.3. The van der Waals surface area contributed by atoms with E-state index in [9.17, 15) is 52.7 Å². The zero-order valence-electron chi connectivity index (χ0n) is 52.8. The van der Waals surface area contributed by atoms with Crippen molar-refractivity contribution < 1.29 is 114 Å². The first-order valence-corrected chi connectivity index (χ1v) is 27.6. The monoisotopic (exact) mass is 1200 g/mol. The van der Waals surface area contributed by atoms with E-state index in [1.165, 1.54) is 13.3 Å². The fourth-order valence-corrected chi connectivity index (χ4v) is 4.97. The quantitative estimate of drug-likeness (QED) is 0.0627. The van der Waals surface area contributed by atoms with E-state index < -0.39 is 17.4 Å². The van der Waals surface area contributed by atoms with Gasteiger partial charge in [0, 0.05) is 6.92 Å². The molecule has 1 aromatic carbocycles. The molecule has 0 atom stereocenters. The number of carbonyl (C=O) groups is 11. The summed E-state index contributed by atoms with van der Waals surface area (Å²) in [7, 11) is 0. The van der Waals surface area contributed by atoms with Crippen LogP contribution in [0.3, 0.4) is 0 Å². The molecule has 1 aromatic rings. The molecule has 24 nitrogen and oxygen atoms in total. The Bertz CT molecular complexity index is 2210. The molecule has 3 rings (SSSR count). The van der Waals surface area contributed by atoms with Gasteiger partial charge in [0.2, 0.25) is 34.0 Å². The molecule has 0 bridgehead atoms. The van der Waals surface area contributed by atoms with E-state index in [2.05, 4.69) is 30.3 Å². The van der Waals surface area contributed by atoms with Gasteiger partial charge in [0.25, 0.3) is 5.95 Å². The summed E-state index contributed by atoms with van der Waals surface area (Å²) < 4.78 is 61.9. The van der Waals surface area contributed by atoms with Gasteiger partial charge < -0.3 is 61.6 Å². The summed E-state index contributed by atoms with van der Waals surface area (Å²) >= 11 is 0. The van der Waals surface area contributed by atoms with Crippen LogP contribution < -0.4 is 0 Å². The summed E-state index contributed by atoms with van der Waals surface area (Å²) in [6.07, 6.45) is 5.18. The van der Waals surface area contributed by atoms with Crippen LogP contribution in [-0.4, -0.2) is 106 Å². The van der Waals surface area contributed by atoms with Crippen LogP contribution in [0.5, 0.6) is 0 Å². The Labute approximate surface area is 495 Å². The van der Waals surface area contributed by atoms with Gasteiger partial charge in [-0.2, -0.15) is 0 Å². The van der Waals surface area contributed by atoms with Gasteiger partial charge in [0.1, 0.15) is 5.76 Å². The lowest BCUT2D eigenvalue weighted by Gasteiger charge is -2.19. The molecule has 24 heteroatoms. The number of esters is 11. The molecular weight excluding hydrogens is 1100 g/mol. The SMILES string of the molecule is C=C1OC(C)=C(COC(=O)C(C)C)O1.CC(=O)OCOC(=O)C(C)C.CC(C)C(=O)OCOC(=O)C(C)(C)C.CC(C)C(=O)OCOC(=O)C(C)C.CC(C)C(=O)OCOC(=O)C1CCCCC1.CC(C)C(=O)OCOC(=O)c1ccccc1. The van der Waals surface area contributed by atoms with Crippen molar-refractivity contribution in [2.24, 2.45) is 52.8 Å². The van der Waals surface area contributed by atoms with Gasteiger partial charge >= 0.3 is 65.7 Å². The van der Waals surface area contributed by atoms with Crippen molar-refractivity contribution in [2.45, 2.75) is 164 Å². The topological polar surface area (TPSA) is 308 Å². The lowest BCUT2D eigenvalue weighted by atomic mass is 9.89. The van der Waals surface area contributed by atoms with Crippen molar-refractivity contribution in [3.05, 3.63) is 59.9 Å². The molecule has 478 valence electrons. The molecule has 2 aliphatic rings. The Morgan fingerprint density at radius 1 is 0.464 bits per heavy atom. The molecule has 0 N–H and O–H groups in total. The van der Waals surface area contributed by atoms with Crippen molar-refractivity contribution in [3.63, 3.8) is 0 Å². The molecule has 1 saturated carbocycles. The second-order valence-electron chi connectivity index (χ2n) is 21.5. The number of rotatable bonds is 21. The maximum Gasteiger partial charge on any atom is 0.340 e. The van der Waals surface area contributed by atoms with Crippen molar-refractivity contribution in [1.29, 1.82) is 0 Å². The summed E-state index contributed by atoms with van der Waals surface area (Å²) in [6.45, 7) is 34.5. The van der Waals surface area contributed by atoms with Crippen molar-refractivity contribution >= 4 is 65.7 Å². The van der Waals surface area contributed by atoms with Gasteiger partial charge in [0.05, 0.1) is 58.3 Å². The van der Waals surface area contributed by atoms with E-state index in [0.29, 0.717) is 17.1 Å². The highest BCUT2D eigenvalue weighted by atomic mass is 16.7. The van der Waals surface area contributed by atoms with Crippen LogP contribution in [0.1, 0.15) is 174 Å². The summed E-state index contributed by atoms with van der Waals surface area (Å²) in [5.41, 5.74) is -0.132. The van der Waals surface area contributed by atoms with E-state index in [0.717, 1.165) is 25.7 Å². The van der Waals surface area contributed by atoms with Crippen LogP contribution in [0.15, 0.2) is 54.4 Å². The molecule has 1 aliphatic heterocycles. The van der Waals surface area contributed by atoms with Gasteiger partial charge in [-0.25, -0.2) is 4.79 Å². The number of benzene rings is 1. The number of allylic oxidation sites excluding steroid dienone is 1. The van der Waals surface area contributed by atoms with Crippen molar-refractivity contribution in [2.75, 3.05) is 40.6 Å². The first kappa shape index (κ1) is 80.7. The number of ether oxygens (including phenoxy) is 13. The maximum atomic E-state index is 11.5. The normalized spacial score (nSPS) is 12.5. The Hall–Kier alpha value is -7.53. The molecular formula is C60H94O24. The minimum absolute atomic E-state index is 0.00602. The van der Waals surface area contributed by atoms with Crippen molar-refractivity contribution in [3.8, 4) is 0 Å². The maximum absolute atomic E-state index is 11.5. The molecule has 1 aliphatic carbocycles. The lowest BCUT2D eigenvalue weighted by molar-refractivity contribution is -0.176. The molecule has 0 spiro atoms. The minimum atomic E-state index is -0.565. The van der Waals surface area contributed by atoms with Gasteiger partial charge in [-0.15, -0.1) is 0 Å². The first-order valence-electron chi connectivity index (χ1n) is 27.6. The Morgan fingerprint density at radius 2 is 0.798 bits per heavy atom. The van der Waals surface area contributed by atoms with Crippen LogP contribution >= 0.6 is 0 Å². The predicted molar refractivity (Wildman–Crippen MR) is 302 cm³/mol. The molecule has 1 heterocycles. The highest BCUT2D eigenvalue weighted by Gasteiger charge is 2.25. The third kappa shape index (κ3) is 42.3. The third-order valence-corrected chi connectivity index (χ3v) is 10.2. The zero-order valence-corrected chi connectivity index (χ0v) is 52.8. The Balaban J connectivity index is -0.000000941. The molecule has 1 fully saturated rings. The second kappa shape index (κ2) is 45.0. The summed E-state index contributed by atoms with van der Waals surface area (Å²) in [6, 6.07) is 8.53. The minimum Gasteiger partial charge on any atom is -0.457 e. The van der Waals surface area contributed by atoms with E-state index in [4.69, 9.17) is 37.9 Å². The number of hydrogen-bond donors (Lipinski definition) is 0. The van der Waals surface area contributed by atoms with Crippen LogP contribution in [0.25, 0.3) is 0 Å². The Morgan fingerprint density at radius 3 is 1.13 bits per heavy atom. The van der Waals surface area contributed by atoms with E-state index in [1.807, 2.05) is 0 Å². The molecule has 0 unspecified atom stereocenters. The van der Waals surface area contributed by atoms with Gasteiger partial charge in [-0.1, -0.05) is 134 Å². The molecule has 0 radical (unpaired) electrons. The predicted octanol–water partition coefficient (Wildman–Crippen LogP) is 9.98. The second-order valence-corrected chi connectivity index (χ2v) is 21.5. The molecule has 0 aromatic heterocycles. The van der Waals surface area contributed by atoms with Crippen LogP contribution in [-0.2, 0) is 110 Å². The average molecular weight is 1200 g/mol.